The van der Waals surface area contributed by atoms with Crippen LogP contribution in [0.5, 0.6) is 0 Å². The average Bonchev–Trinajstić information content (AvgIpc) is 2.66. The Morgan fingerprint density at radius 1 is 1.14 bits per heavy atom. The average molecular weight is 186 g/mol. The summed E-state index contributed by atoms with van der Waals surface area (Å²) < 4.78 is 5.69. The zero-order valence-corrected chi connectivity index (χ0v) is 7.75. The van der Waals surface area contributed by atoms with Crippen LogP contribution in [-0.4, -0.2) is 0 Å². The number of hydrogen-bond acceptors (Lipinski definition) is 2. The predicted molar refractivity (Wildman–Crippen MR) is 54.5 cm³/mol. The molecule has 70 valence electrons. The SMILES string of the molecule is O=c1c2c(oc3ccccc13)CCC2. The minimum atomic E-state index is 0.166. The molecule has 0 saturated carbocycles. The number of hydrogen-bond donors (Lipinski definition) is 0. The molecule has 1 aromatic carbocycles. The Hall–Kier alpha value is -1.57. The molecule has 0 radical (unpaired) electrons. The standard InChI is InChI=1S/C12H10O2/c13-12-8-4-1-2-6-10(8)14-11-7-3-5-9(11)12/h1-2,4,6H,3,5,7H2. The van der Waals surface area contributed by atoms with Crippen molar-refractivity contribution in [3.8, 4) is 0 Å². The van der Waals surface area contributed by atoms with Gasteiger partial charge < -0.3 is 4.42 Å². The van der Waals surface area contributed by atoms with E-state index in [1.165, 1.54) is 0 Å². The van der Waals surface area contributed by atoms with Crippen molar-refractivity contribution in [1.82, 2.24) is 0 Å². The van der Waals surface area contributed by atoms with Crippen molar-refractivity contribution in [1.29, 1.82) is 0 Å². The Bertz CT molecular complexity index is 552. The molecule has 3 rings (SSSR count). The summed E-state index contributed by atoms with van der Waals surface area (Å²) >= 11 is 0. The smallest absolute Gasteiger partial charge is 0.196 e. The molecule has 0 spiro atoms. The number of aryl methyl sites for hydroxylation is 1. The fraction of sp³-hybridized carbons (Fsp3) is 0.250. The van der Waals surface area contributed by atoms with Gasteiger partial charge in [0.1, 0.15) is 11.3 Å². The monoisotopic (exact) mass is 186 g/mol. The van der Waals surface area contributed by atoms with Gasteiger partial charge >= 0.3 is 0 Å². The van der Waals surface area contributed by atoms with Crippen molar-refractivity contribution >= 4 is 11.0 Å². The van der Waals surface area contributed by atoms with Crippen LogP contribution < -0.4 is 5.43 Å². The first-order valence-corrected chi connectivity index (χ1v) is 4.90. The largest absolute Gasteiger partial charge is 0.461 e. The van der Waals surface area contributed by atoms with Gasteiger partial charge in [-0.3, -0.25) is 4.79 Å². The number of rotatable bonds is 0. The van der Waals surface area contributed by atoms with Crippen LogP contribution in [0.2, 0.25) is 0 Å². The van der Waals surface area contributed by atoms with E-state index in [0.717, 1.165) is 36.2 Å². The van der Waals surface area contributed by atoms with Crippen LogP contribution in [0.1, 0.15) is 17.7 Å². The highest BCUT2D eigenvalue weighted by Crippen LogP contribution is 2.22. The summed E-state index contributed by atoms with van der Waals surface area (Å²) in [7, 11) is 0. The van der Waals surface area contributed by atoms with Gasteiger partial charge in [0.05, 0.1) is 5.39 Å². The van der Waals surface area contributed by atoms with Crippen molar-refractivity contribution in [2.45, 2.75) is 19.3 Å². The summed E-state index contributed by atoms with van der Waals surface area (Å²) in [5, 5.41) is 0.716. The first-order valence-electron chi connectivity index (χ1n) is 4.90. The fourth-order valence-corrected chi connectivity index (χ4v) is 2.11. The van der Waals surface area contributed by atoms with Crippen molar-refractivity contribution in [3.63, 3.8) is 0 Å². The van der Waals surface area contributed by atoms with E-state index in [9.17, 15) is 4.79 Å². The molecule has 0 fully saturated rings. The lowest BCUT2D eigenvalue weighted by Crippen LogP contribution is -2.07. The van der Waals surface area contributed by atoms with Crippen LogP contribution in [0.15, 0.2) is 33.5 Å². The first-order chi connectivity index (χ1) is 6.86. The van der Waals surface area contributed by atoms with Crippen molar-refractivity contribution in [3.05, 3.63) is 45.8 Å². The molecule has 1 heterocycles. The molecule has 2 nitrogen and oxygen atoms in total. The van der Waals surface area contributed by atoms with Crippen LogP contribution >= 0.6 is 0 Å². The maximum atomic E-state index is 12.0. The maximum Gasteiger partial charge on any atom is 0.196 e. The lowest BCUT2D eigenvalue weighted by molar-refractivity contribution is 0.545. The van der Waals surface area contributed by atoms with Gasteiger partial charge in [-0.1, -0.05) is 12.1 Å². The van der Waals surface area contributed by atoms with Crippen molar-refractivity contribution in [2.75, 3.05) is 0 Å². The van der Waals surface area contributed by atoms with E-state index in [0.29, 0.717) is 5.39 Å². The number of benzene rings is 1. The fourth-order valence-electron chi connectivity index (χ4n) is 2.11. The van der Waals surface area contributed by atoms with E-state index in [1.54, 1.807) is 0 Å². The van der Waals surface area contributed by atoms with Gasteiger partial charge in [-0.05, 0) is 25.0 Å². The lowest BCUT2D eigenvalue weighted by atomic mass is 10.1. The number of fused-ring (bicyclic) bond motifs is 2. The second-order valence-corrected chi connectivity index (χ2v) is 3.68. The summed E-state index contributed by atoms with van der Waals surface area (Å²) in [4.78, 5) is 12.0. The van der Waals surface area contributed by atoms with E-state index in [1.807, 2.05) is 24.3 Å². The molecule has 0 aliphatic heterocycles. The minimum absolute atomic E-state index is 0.166. The van der Waals surface area contributed by atoms with Crippen LogP contribution in [-0.2, 0) is 12.8 Å². The molecule has 0 saturated heterocycles. The lowest BCUT2D eigenvalue weighted by Gasteiger charge is -2.00. The molecular weight excluding hydrogens is 176 g/mol. The van der Waals surface area contributed by atoms with E-state index in [2.05, 4.69) is 0 Å². The maximum absolute atomic E-state index is 12.0. The second kappa shape index (κ2) is 2.71. The second-order valence-electron chi connectivity index (χ2n) is 3.68. The third kappa shape index (κ3) is 0.939. The molecule has 14 heavy (non-hydrogen) atoms. The first kappa shape index (κ1) is 7.80. The molecule has 0 N–H and O–H groups in total. The Morgan fingerprint density at radius 3 is 2.93 bits per heavy atom. The summed E-state index contributed by atoms with van der Waals surface area (Å²) in [6.07, 6.45) is 2.84. The van der Waals surface area contributed by atoms with Crippen molar-refractivity contribution in [2.24, 2.45) is 0 Å². The summed E-state index contributed by atoms with van der Waals surface area (Å²) in [6, 6.07) is 7.46. The van der Waals surface area contributed by atoms with Crippen LogP contribution in [0.3, 0.4) is 0 Å². The van der Waals surface area contributed by atoms with Crippen LogP contribution in [0.25, 0.3) is 11.0 Å². The molecule has 0 unspecified atom stereocenters. The van der Waals surface area contributed by atoms with Crippen LogP contribution in [0.4, 0.5) is 0 Å². The van der Waals surface area contributed by atoms with Crippen molar-refractivity contribution < 1.29 is 4.42 Å². The summed E-state index contributed by atoms with van der Waals surface area (Å²) in [5.41, 5.74) is 1.78. The summed E-state index contributed by atoms with van der Waals surface area (Å²) in [5.74, 6) is 0.897. The third-order valence-corrected chi connectivity index (χ3v) is 2.81. The zero-order chi connectivity index (χ0) is 9.54. The highest BCUT2D eigenvalue weighted by molar-refractivity contribution is 5.77. The molecular formula is C12H10O2. The van der Waals surface area contributed by atoms with Crippen LogP contribution in [0, 0.1) is 0 Å². The molecule has 1 aliphatic carbocycles. The molecule has 1 aliphatic rings. The van der Waals surface area contributed by atoms with Gasteiger partial charge in [-0.15, -0.1) is 0 Å². The highest BCUT2D eigenvalue weighted by atomic mass is 16.3. The Kier molecular flexibility index (Phi) is 1.51. The van der Waals surface area contributed by atoms with E-state index < -0.39 is 0 Å². The number of para-hydroxylation sites is 1. The van der Waals surface area contributed by atoms with E-state index in [4.69, 9.17) is 4.42 Å². The Balaban J connectivity index is 2.50. The van der Waals surface area contributed by atoms with Gasteiger partial charge in [-0.2, -0.15) is 0 Å². The third-order valence-electron chi connectivity index (χ3n) is 2.81. The minimum Gasteiger partial charge on any atom is -0.461 e. The van der Waals surface area contributed by atoms with Gasteiger partial charge in [-0.25, -0.2) is 0 Å². The van der Waals surface area contributed by atoms with E-state index in [-0.39, 0.29) is 5.43 Å². The quantitative estimate of drug-likeness (QED) is 0.631. The molecule has 0 bridgehead atoms. The highest BCUT2D eigenvalue weighted by Gasteiger charge is 2.18. The molecule has 0 amide bonds. The zero-order valence-electron chi connectivity index (χ0n) is 7.75. The molecule has 0 atom stereocenters. The van der Waals surface area contributed by atoms with Gasteiger partial charge in [0.15, 0.2) is 5.43 Å². The van der Waals surface area contributed by atoms with Gasteiger partial charge in [0, 0.05) is 12.0 Å². The topological polar surface area (TPSA) is 30.2 Å². The Morgan fingerprint density at radius 2 is 2.00 bits per heavy atom. The van der Waals surface area contributed by atoms with Gasteiger partial charge in [0.2, 0.25) is 0 Å². The molecule has 1 aromatic heterocycles. The van der Waals surface area contributed by atoms with E-state index >= 15 is 0 Å². The normalized spacial score (nSPS) is 14.6. The molecule has 2 aromatic rings. The predicted octanol–water partition coefficient (Wildman–Crippen LogP) is 2.28. The van der Waals surface area contributed by atoms with Gasteiger partial charge in [0.25, 0.3) is 0 Å². The Labute approximate surface area is 81.2 Å². The molecule has 2 heteroatoms. The summed E-state index contributed by atoms with van der Waals surface area (Å²) in [6.45, 7) is 0.